The Morgan fingerprint density at radius 2 is 2.28 bits per heavy atom. The predicted molar refractivity (Wildman–Crippen MR) is 74.2 cm³/mol. The summed E-state index contributed by atoms with van der Waals surface area (Å²) >= 11 is 1.54. The second-order valence-electron chi connectivity index (χ2n) is 5.20. The topological polar surface area (TPSA) is 49.3 Å². The van der Waals surface area contributed by atoms with Gasteiger partial charge in [0.1, 0.15) is 0 Å². The Morgan fingerprint density at radius 1 is 1.56 bits per heavy atom. The number of amides is 1. The van der Waals surface area contributed by atoms with E-state index in [9.17, 15) is 9.90 Å². The van der Waals surface area contributed by atoms with Gasteiger partial charge in [0.05, 0.1) is 10.5 Å². The minimum atomic E-state index is -0.645. The Hall–Kier alpha value is -0.870. The van der Waals surface area contributed by atoms with Crippen molar-refractivity contribution in [2.45, 2.75) is 51.6 Å². The largest absolute Gasteiger partial charge is 0.388 e. The van der Waals surface area contributed by atoms with Gasteiger partial charge in [-0.1, -0.05) is 13.3 Å². The Balaban J connectivity index is 1.94. The number of rotatable bonds is 5. The maximum absolute atomic E-state index is 12.0. The molecule has 1 aromatic heterocycles. The Bertz CT molecular complexity index is 435. The number of nitrogens with one attached hydrogen (secondary N) is 1. The van der Waals surface area contributed by atoms with Crippen molar-refractivity contribution in [3.8, 4) is 0 Å². The van der Waals surface area contributed by atoms with Crippen LogP contribution >= 0.6 is 11.3 Å². The molecule has 2 N–H and O–H groups in total. The van der Waals surface area contributed by atoms with Crippen molar-refractivity contribution in [1.82, 2.24) is 5.32 Å². The second kappa shape index (κ2) is 5.41. The molecule has 2 rings (SSSR count). The minimum Gasteiger partial charge on any atom is -0.388 e. The van der Waals surface area contributed by atoms with Crippen molar-refractivity contribution in [2.24, 2.45) is 0 Å². The number of aryl methyl sites for hydroxylation is 2. The van der Waals surface area contributed by atoms with Crippen LogP contribution in [0.25, 0.3) is 0 Å². The first kappa shape index (κ1) is 13.6. The van der Waals surface area contributed by atoms with Crippen LogP contribution in [0.15, 0.2) is 6.07 Å². The fraction of sp³-hybridized carbons (Fsp3) is 0.643. The maximum Gasteiger partial charge on any atom is 0.261 e. The van der Waals surface area contributed by atoms with E-state index >= 15 is 0 Å². The lowest BCUT2D eigenvalue weighted by Gasteiger charge is -2.36. The van der Waals surface area contributed by atoms with Gasteiger partial charge in [0.2, 0.25) is 0 Å². The van der Waals surface area contributed by atoms with Gasteiger partial charge >= 0.3 is 0 Å². The zero-order valence-corrected chi connectivity index (χ0v) is 11.9. The van der Waals surface area contributed by atoms with Crippen molar-refractivity contribution in [3.05, 3.63) is 21.4 Å². The van der Waals surface area contributed by atoms with E-state index in [-0.39, 0.29) is 5.91 Å². The van der Waals surface area contributed by atoms with Crippen LogP contribution in [-0.2, 0) is 6.42 Å². The molecule has 1 saturated carbocycles. The highest BCUT2D eigenvalue weighted by Crippen LogP contribution is 2.31. The van der Waals surface area contributed by atoms with Gasteiger partial charge in [0.25, 0.3) is 5.91 Å². The van der Waals surface area contributed by atoms with Gasteiger partial charge in [-0.2, -0.15) is 0 Å². The van der Waals surface area contributed by atoms with Crippen molar-refractivity contribution in [2.75, 3.05) is 6.54 Å². The molecule has 4 heteroatoms. The molecule has 0 aliphatic heterocycles. The number of carbonyl (C=O) groups is 1. The highest BCUT2D eigenvalue weighted by Gasteiger charge is 2.34. The standard InChI is InChI=1S/C14H21NO2S/c1-3-5-11-8-12(18-10(11)2)13(16)15-9-14(17)6-4-7-14/h8,17H,3-7,9H2,1-2H3,(H,15,16). The van der Waals surface area contributed by atoms with Crippen molar-refractivity contribution in [3.63, 3.8) is 0 Å². The van der Waals surface area contributed by atoms with Gasteiger partial charge < -0.3 is 10.4 Å². The summed E-state index contributed by atoms with van der Waals surface area (Å²) in [5.41, 5.74) is 0.629. The molecule has 1 aromatic rings. The third kappa shape index (κ3) is 2.93. The summed E-state index contributed by atoms with van der Waals surface area (Å²) in [5.74, 6) is -0.0502. The summed E-state index contributed by atoms with van der Waals surface area (Å²) in [5, 5.41) is 12.8. The quantitative estimate of drug-likeness (QED) is 0.861. The molecule has 18 heavy (non-hydrogen) atoms. The Morgan fingerprint density at radius 3 is 2.83 bits per heavy atom. The molecule has 3 nitrogen and oxygen atoms in total. The van der Waals surface area contributed by atoms with Crippen molar-refractivity contribution in [1.29, 1.82) is 0 Å². The molecular weight excluding hydrogens is 246 g/mol. The SMILES string of the molecule is CCCc1cc(C(=O)NCC2(O)CCC2)sc1C. The van der Waals surface area contributed by atoms with Crippen LogP contribution in [0.2, 0.25) is 0 Å². The van der Waals surface area contributed by atoms with Gasteiger partial charge in [-0.25, -0.2) is 0 Å². The molecule has 0 radical (unpaired) electrons. The Labute approximate surface area is 112 Å². The average Bonchev–Trinajstić information content (AvgIpc) is 2.66. The molecule has 0 unspecified atom stereocenters. The fourth-order valence-corrected chi connectivity index (χ4v) is 3.23. The van der Waals surface area contributed by atoms with E-state index < -0.39 is 5.60 Å². The van der Waals surface area contributed by atoms with E-state index in [1.807, 2.05) is 6.07 Å². The van der Waals surface area contributed by atoms with E-state index in [0.717, 1.165) is 37.0 Å². The lowest BCUT2D eigenvalue weighted by atomic mass is 9.80. The number of hydrogen-bond donors (Lipinski definition) is 2. The van der Waals surface area contributed by atoms with Crippen LogP contribution in [0.5, 0.6) is 0 Å². The summed E-state index contributed by atoms with van der Waals surface area (Å²) in [6.07, 6.45) is 4.79. The van der Waals surface area contributed by atoms with E-state index in [0.29, 0.717) is 6.54 Å². The molecule has 0 aromatic carbocycles. The molecule has 1 aliphatic rings. The maximum atomic E-state index is 12.0. The smallest absolute Gasteiger partial charge is 0.261 e. The van der Waals surface area contributed by atoms with Gasteiger partial charge in [-0.3, -0.25) is 4.79 Å². The fourth-order valence-electron chi connectivity index (χ4n) is 2.24. The Kier molecular flexibility index (Phi) is 4.07. The molecular formula is C14H21NO2S. The van der Waals surface area contributed by atoms with Crippen LogP contribution in [-0.4, -0.2) is 23.2 Å². The van der Waals surface area contributed by atoms with Crippen LogP contribution in [0.3, 0.4) is 0 Å². The van der Waals surface area contributed by atoms with Gasteiger partial charge in [0.15, 0.2) is 0 Å². The number of thiophene rings is 1. The molecule has 0 saturated heterocycles. The van der Waals surface area contributed by atoms with Crippen molar-refractivity contribution < 1.29 is 9.90 Å². The zero-order chi connectivity index (χ0) is 13.2. The lowest BCUT2D eigenvalue weighted by Crippen LogP contribution is -2.47. The predicted octanol–water partition coefficient (Wildman–Crippen LogP) is 2.65. The molecule has 0 bridgehead atoms. The van der Waals surface area contributed by atoms with Crippen LogP contribution in [0, 0.1) is 6.92 Å². The first-order valence-electron chi connectivity index (χ1n) is 6.64. The first-order chi connectivity index (χ1) is 8.54. The molecule has 1 aliphatic carbocycles. The van der Waals surface area contributed by atoms with Gasteiger partial charge in [-0.05, 0) is 44.2 Å². The minimum absolute atomic E-state index is 0.0502. The summed E-state index contributed by atoms with van der Waals surface area (Å²) in [6.45, 7) is 4.58. The molecule has 0 atom stereocenters. The van der Waals surface area contributed by atoms with Crippen molar-refractivity contribution >= 4 is 17.2 Å². The molecule has 0 spiro atoms. The monoisotopic (exact) mass is 267 g/mol. The van der Waals surface area contributed by atoms with E-state index in [2.05, 4.69) is 19.2 Å². The zero-order valence-electron chi connectivity index (χ0n) is 11.1. The highest BCUT2D eigenvalue weighted by atomic mass is 32.1. The molecule has 1 amide bonds. The number of aliphatic hydroxyl groups is 1. The lowest BCUT2D eigenvalue weighted by molar-refractivity contribution is -0.0300. The van der Waals surface area contributed by atoms with E-state index in [1.165, 1.54) is 10.4 Å². The van der Waals surface area contributed by atoms with Crippen LogP contribution in [0.4, 0.5) is 0 Å². The average molecular weight is 267 g/mol. The third-order valence-corrected chi connectivity index (χ3v) is 4.72. The second-order valence-corrected chi connectivity index (χ2v) is 6.46. The normalized spacial score (nSPS) is 17.3. The molecule has 1 heterocycles. The van der Waals surface area contributed by atoms with E-state index in [4.69, 9.17) is 0 Å². The first-order valence-corrected chi connectivity index (χ1v) is 7.45. The summed E-state index contributed by atoms with van der Waals surface area (Å²) in [7, 11) is 0. The number of carbonyl (C=O) groups excluding carboxylic acids is 1. The third-order valence-electron chi connectivity index (χ3n) is 3.63. The van der Waals surface area contributed by atoms with Crippen LogP contribution in [0.1, 0.15) is 52.7 Å². The van der Waals surface area contributed by atoms with Gasteiger partial charge in [-0.15, -0.1) is 11.3 Å². The molecule has 100 valence electrons. The van der Waals surface area contributed by atoms with Crippen LogP contribution < -0.4 is 5.32 Å². The molecule has 1 fully saturated rings. The number of hydrogen-bond acceptors (Lipinski definition) is 3. The summed E-state index contributed by atoms with van der Waals surface area (Å²) < 4.78 is 0. The van der Waals surface area contributed by atoms with E-state index in [1.54, 1.807) is 11.3 Å². The summed E-state index contributed by atoms with van der Waals surface area (Å²) in [4.78, 5) is 14.0. The van der Waals surface area contributed by atoms with Gasteiger partial charge in [0, 0.05) is 11.4 Å². The highest BCUT2D eigenvalue weighted by molar-refractivity contribution is 7.14. The summed E-state index contributed by atoms with van der Waals surface area (Å²) in [6, 6.07) is 1.99.